The van der Waals surface area contributed by atoms with E-state index in [1.54, 1.807) is 0 Å². The number of carbonyl (C=O) groups is 4. The van der Waals surface area contributed by atoms with Crippen LogP contribution in [0.25, 0.3) is 0 Å². The quantitative estimate of drug-likeness (QED) is 0.352. The minimum atomic E-state index is -1.86. The molecule has 0 radical (unpaired) electrons. The molecule has 2 aliphatic carbocycles. The molecule has 5 atom stereocenters. The number of hydrogen-bond donors (Lipinski definition) is 2. The fourth-order valence-corrected chi connectivity index (χ4v) is 5.91. The maximum absolute atomic E-state index is 13.8. The molecule has 214 valence electrons. The third kappa shape index (κ3) is 6.27. The molecule has 3 aliphatic rings. The van der Waals surface area contributed by atoms with Crippen molar-refractivity contribution in [2.45, 2.75) is 57.6 Å². The van der Waals surface area contributed by atoms with Crippen LogP contribution in [0.1, 0.15) is 45.4 Å². The number of carboxylic acids is 1. The number of nitrogens with zero attached hydrogens (tertiary/aromatic N) is 1. The lowest BCUT2D eigenvalue weighted by molar-refractivity contribution is -0.141. The number of piperidine rings is 1. The molecule has 0 unspecified atom stereocenters. The van der Waals surface area contributed by atoms with Crippen molar-refractivity contribution in [2.75, 3.05) is 19.7 Å². The SMILES string of the molecule is C[C@H]1[C@@H]2CC[C@H]1[C@H](OC(=O)N1CCC(C(=O)N[C@@H](CC(=O)O)C(=O)COc3c(F)c(F)cc(F)c3F)CC1)C2. The van der Waals surface area contributed by atoms with Crippen LogP contribution in [0.4, 0.5) is 22.4 Å². The standard InChI is InChI=1S/C26H30F4N2O7/c1-12-14-2-3-15(12)20(8-14)39-26(37)32-6-4-13(5-7-32)25(36)31-18(10-21(34)35)19(33)11-38-24-22(29)16(27)9-17(28)23(24)30/h9,12-15,18,20H,2-8,10-11H2,1H3,(H,31,36)(H,34,35)/t12-,14+,15+,18-,20+/m0/s1. The van der Waals surface area contributed by atoms with Crippen molar-refractivity contribution in [1.82, 2.24) is 10.2 Å². The average molecular weight is 559 g/mol. The third-order valence-corrected chi connectivity index (χ3v) is 8.19. The molecule has 1 aromatic carbocycles. The first-order valence-corrected chi connectivity index (χ1v) is 12.9. The Hall–Kier alpha value is -3.38. The van der Waals surface area contributed by atoms with Gasteiger partial charge in [0.15, 0.2) is 23.2 Å². The molecule has 1 saturated heterocycles. The number of nitrogens with one attached hydrogen (secondary N) is 1. The monoisotopic (exact) mass is 558 g/mol. The Balaban J connectivity index is 1.29. The van der Waals surface area contributed by atoms with Gasteiger partial charge >= 0.3 is 12.1 Å². The molecule has 1 aliphatic heterocycles. The lowest BCUT2D eigenvalue weighted by Gasteiger charge is -2.33. The molecule has 0 spiro atoms. The van der Waals surface area contributed by atoms with Gasteiger partial charge in [-0.25, -0.2) is 13.6 Å². The highest BCUT2D eigenvalue weighted by molar-refractivity contribution is 5.93. The van der Waals surface area contributed by atoms with E-state index in [9.17, 15) is 36.7 Å². The van der Waals surface area contributed by atoms with Gasteiger partial charge in [-0.15, -0.1) is 0 Å². The molecular weight excluding hydrogens is 528 g/mol. The number of likely N-dealkylation sites (tertiary alicyclic amines) is 1. The van der Waals surface area contributed by atoms with Crippen LogP contribution in [-0.2, 0) is 19.1 Å². The summed E-state index contributed by atoms with van der Waals surface area (Å²) in [6.45, 7) is 1.50. The van der Waals surface area contributed by atoms with Gasteiger partial charge in [-0.2, -0.15) is 8.78 Å². The minimum Gasteiger partial charge on any atom is -0.481 e. The number of aliphatic carboxylic acids is 1. The van der Waals surface area contributed by atoms with Crippen LogP contribution in [0.15, 0.2) is 6.07 Å². The van der Waals surface area contributed by atoms with Crippen molar-refractivity contribution in [1.29, 1.82) is 0 Å². The van der Waals surface area contributed by atoms with Crippen LogP contribution in [0, 0.1) is 46.9 Å². The molecule has 0 aromatic heterocycles. The minimum absolute atomic E-state index is 0.0311. The van der Waals surface area contributed by atoms with Gasteiger partial charge < -0.3 is 24.8 Å². The second-order valence-corrected chi connectivity index (χ2v) is 10.5. The molecule has 2 bridgehead atoms. The van der Waals surface area contributed by atoms with Crippen LogP contribution < -0.4 is 10.1 Å². The summed E-state index contributed by atoms with van der Waals surface area (Å²) < 4.78 is 64.7. The maximum atomic E-state index is 13.8. The third-order valence-electron chi connectivity index (χ3n) is 8.19. The van der Waals surface area contributed by atoms with Gasteiger partial charge in [0.2, 0.25) is 17.5 Å². The lowest BCUT2D eigenvalue weighted by Crippen LogP contribution is -2.49. The fourth-order valence-electron chi connectivity index (χ4n) is 5.91. The molecule has 2 N–H and O–H groups in total. The van der Waals surface area contributed by atoms with Crippen molar-refractivity contribution in [3.8, 4) is 5.75 Å². The number of halogens is 4. The predicted molar refractivity (Wildman–Crippen MR) is 126 cm³/mol. The van der Waals surface area contributed by atoms with Crippen LogP contribution in [-0.4, -0.2) is 65.6 Å². The number of rotatable bonds is 9. The van der Waals surface area contributed by atoms with Crippen LogP contribution >= 0.6 is 0 Å². The van der Waals surface area contributed by atoms with E-state index < -0.39 is 77.8 Å². The summed E-state index contributed by atoms with van der Waals surface area (Å²) in [6.07, 6.45) is 2.20. The van der Waals surface area contributed by atoms with E-state index in [-0.39, 0.29) is 38.1 Å². The number of benzene rings is 1. The Morgan fingerprint density at radius 1 is 1.05 bits per heavy atom. The molecule has 3 fully saturated rings. The van der Waals surface area contributed by atoms with Gasteiger partial charge in [0.05, 0.1) is 6.42 Å². The first-order chi connectivity index (χ1) is 18.5. The van der Waals surface area contributed by atoms with Crippen molar-refractivity contribution in [2.24, 2.45) is 23.7 Å². The number of carbonyl (C=O) groups excluding carboxylic acids is 3. The largest absolute Gasteiger partial charge is 0.481 e. The van der Waals surface area contributed by atoms with Crippen LogP contribution in [0.5, 0.6) is 5.75 Å². The number of ketones is 1. The molecule has 2 amide bonds. The van der Waals surface area contributed by atoms with Gasteiger partial charge in [-0.05, 0) is 49.9 Å². The smallest absolute Gasteiger partial charge is 0.410 e. The number of fused-ring (bicyclic) bond motifs is 2. The van der Waals surface area contributed by atoms with E-state index in [0.717, 1.165) is 19.3 Å². The average Bonchev–Trinajstić information content (AvgIpc) is 3.40. The summed E-state index contributed by atoms with van der Waals surface area (Å²) >= 11 is 0. The molecule has 9 nitrogen and oxygen atoms in total. The maximum Gasteiger partial charge on any atom is 0.410 e. The Bertz CT molecular complexity index is 1120. The van der Waals surface area contributed by atoms with Crippen molar-refractivity contribution < 1.29 is 51.3 Å². The molecule has 2 saturated carbocycles. The van der Waals surface area contributed by atoms with E-state index in [1.807, 2.05) is 0 Å². The normalized spacial score (nSPS) is 25.3. The Morgan fingerprint density at radius 2 is 1.69 bits per heavy atom. The lowest BCUT2D eigenvalue weighted by atomic mass is 9.95. The summed E-state index contributed by atoms with van der Waals surface area (Å²) in [7, 11) is 0. The number of amides is 2. The summed E-state index contributed by atoms with van der Waals surface area (Å²) in [4.78, 5) is 50.8. The highest BCUT2D eigenvalue weighted by atomic mass is 19.2. The van der Waals surface area contributed by atoms with E-state index in [1.165, 1.54) is 4.90 Å². The highest BCUT2D eigenvalue weighted by Gasteiger charge is 2.48. The molecule has 39 heavy (non-hydrogen) atoms. The zero-order chi connectivity index (χ0) is 28.4. The zero-order valence-electron chi connectivity index (χ0n) is 21.3. The molecule has 4 rings (SSSR count). The number of ether oxygens (including phenoxy) is 2. The molecule has 1 aromatic rings. The van der Waals surface area contributed by atoms with E-state index >= 15 is 0 Å². The van der Waals surface area contributed by atoms with Gasteiger partial charge in [-0.1, -0.05) is 6.92 Å². The number of hydrogen-bond acceptors (Lipinski definition) is 6. The second-order valence-electron chi connectivity index (χ2n) is 10.5. The van der Waals surface area contributed by atoms with Gasteiger partial charge in [-0.3, -0.25) is 14.4 Å². The summed E-state index contributed by atoms with van der Waals surface area (Å²) in [5.41, 5.74) is 0. The number of carboxylic acid groups (broad SMARTS) is 1. The summed E-state index contributed by atoms with van der Waals surface area (Å²) in [6, 6.07) is -1.65. The zero-order valence-corrected chi connectivity index (χ0v) is 21.3. The van der Waals surface area contributed by atoms with E-state index in [4.69, 9.17) is 9.84 Å². The van der Waals surface area contributed by atoms with Crippen molar-refractivity contribution in [3.05, 3.63) is 29.3 Å². The molecule has 13 heteroatoms. The van der Waals surface area contributed by atoms with Crippen molar-refractivity contribution in [3.63, 3.8) is 0 Å². The summed E-state index contributed by atoms with van der Waals surface area (Å²) in [5, 5.41) is 11.5. The van der Waals surface area contributed by atoms with E-state index in [2.05, 4.69) is 17.0 Å². The Labute approximate surface area is 221 Å². The Kier molecular flexibility index (Phi) is 8.65. The number of Topliss-reactive ketones (excluding diaryl/α,β-unsaturated/α-hetero) is 1. The van der Waals surface area contributed by atoms with Gasteiger partial charge in [0.25, 0.3) is 0 Å². The highest BCUT2D eigenvalue weighted by Crippen LogP contribution is 2.50. The fraction of sp³-hybridized carbons (Fsp3) is 0.615. The van der Waals surface area contributed by atoms with Gasteiger partial charge in [0.1, 0.15) is 18.8 Å². The van der Waals surface area contributed by atoms with Crippen molar-refractivity contribution >= 4 is 23.8 Å². The summed E-state index contributed by atoms with van der Waals surface area (Å²) in [5.74, 6) is -11.0. The molecular formula is C26H30F4N2O7. The van der Waals surface area contributed by atoms with Crippen LogP contribution in [0.3, 0.4) is 0 Å². The predicted octanol–water partition coefficient (Wildman–Crippen LogP) is 3.43. The first-order valence-electron chi connectivity index (χ1n) is 12.9. The van der Waals surface area contributed by atoms with E-state index in [0.29, 0.717) is 17.8 Å². The second kappa shape index (κ2) is 11.8. The molecule has 1 heterocycles. The first kappa shape index (κ1) is 28.6. The topological polar surface area (TPSA) is 122 Å². The van der Waals surface area contributed by atoms with Gasteiger partial charge in [0, 0.05) is 25.1 Å². The Morgan fingerprint density at radius 3 is 2.23 bits per heavy atom. The van der Waals surface area contributed by atoms with Crippen LogP contribution in [0.2, 0.25) is 0 Å².